The van der Waals surface area contributed by atoms with Gasteiger partial charge >= 0.3 is 5.97 Å². The Morgan fingerprint density at radius 3 is 2.49 bits per heavy atom. The lowest BCUT2D eigenvalue weighted by atomic mass is 10.2. The zero-order chi connectivity index (χ0) is 27.1. The summed E-state index contributed by atoms with van der Waals surface area (Å²) in [5.74, 6) is 0.385. The van der Waals surface area contributed by atoms with E-state index in [1.165, 1.54) is 11.8 Å². The molecule has 0 aliphatic rings. The lowest BCUT2D eigenvalue weighted by molar-refractivity contribution is 0.0600. The van der Waals surface area contributed by atoms with Crippen molar-refractivity contribution in [3.63, 3.8) is 0 Å². The maximum atomic E-state index is 13.6. The molecule has 192 valence electrons. The first-order chi connectivity index (χ1) is 18.9. The van der Waals surface area contributed by atoms with E-state index in [1.54, 1.807) is 36.5 Å². The Labute approximate surface area is 223 Å². The number of nitrogens with zero attached hydrogens (tertiary/aromatic N) is 4. The number of benzene rings is 3. The number of hydrogen-bond donors (Lipinski definition) is 0. The number of aryl methyl sites for hydroxylation is 1. The molecule has 0 fully saturated rings. The van der Waals surface area contributed by atoms with Gasteiger partial charge in [-0.1, -0.05) is 30.3 Å². The smallest absolute Gasteiger partial charge is 0.337 e. The molecule has 39 heavy (non-hydrogen) atoms. The van der Waals surface area contributed by atoms with Crippen molar-refractivity contribution in [2.45, 2.75) is 13.8 Å². The minimum Gasteiger partial charge on any atom is -0.465 e. The summed E-state index contributed by atoms with van der Waals surface area (Å²) in [5, 5.41) is 5.99. The van der Waals surface area contributed by atoms with Crippen molar-refractivity contribution in [1.29, 1.82) is 0 Å². The Morgan fingerprint density at radius 2 is 1.72 bits per heavy atom. The quantitative estimate of drug-likeness (QED) is 0.211. The molecule has 3 heterocycles. The number of aromatic nitrogens is 3. The van der Waals surface area contributed by atoms with Gasteiger partial charge in [0.1, 0.15) is 5.58 Å². The van der Waals surface area contributed by atoms with E-state index in [1.807, 2.05) is 68.4 Å². The van der Waals surface area contributed by atoms with Crippen molar-refractivity contribution < 1.29 is 13.9 Å². The van der Waals surface area contributed by atoms with E-state index >= 15 is 0 Å². The molecule has 0 unspecified atom stereocenters. The van der Waals surface area contributed by atoms with Gasteiger partial charge in [0.25, 0.3) is 5.56 Å². The van der Waals surface area contributed by atoms with Crippen LogP contribution in [-0.2, 0) is 4.74 Å². The Hall–Kier alpha value is -5.24. The molecular formula is C31H24N4O4. The molecule has 3 aromatic heterocycles. The summed E-state index contributed by atoms with van der Waals surface area (Å²) in [6.45, 7) is 3.96. The van der Waals surface area contributed by atoms with Crippen molar-refractivity contribution in [2.75, 3.05) is 7.11 Å². The first-order valence-corrected chi connectivity index (χ1v) is 12.4. The molecule has 3 aromatic carbocycles. The first-order valence-electron chi connectivity index (χ1n) is 12.4. The van der Waals surface area contributed by atoms with Gasteiger partial charge in [0, 0.05) is 28.0 Å². The van der Waals surface area contributed by atoms with Gasteiger partial charge in [0.05, 0.1) is 29.8 Å². The second-order valence-corrected chi connectivity index (χ2v) is 9.16. The molecule has 0 atom stereocenters. The summed E-state index contributed by atoms with van der Waals surface area (Å²) in [6, 6.07) is 25.9. The van der Waals surface area contributed by atoms with E-state index in [9.17, 15) is 9.59 Å². The van der Waals surface area contributed by atoms with Crippen LogP contribution in [0.4, 0.5) is 0 Å². The first kappa shape index (κ1) is 24.1. The highest BCUT2D eigenvalue weighted by Crippen LogP contribution is 2.27. The number of ether oxygens (including phenoxy) is 1. The Bertz CT molecular complexity index is 1930. The fourth-order valence-electron chi connectivity index (χ4n) is 4.78. The minimum atomic E-state index is -0.384. The monoisotopic (exact) mass is 516 g/mol. The Kier molecular flexibility index (Phi) is 5.92. The highest BCUT2D eigenvalue weighted by atomic mass is 16.5. The average Bonchev–Trinajstić information content (AvgIpc) is 3.52. The molecular weight excluding hydrogens is 492 g/mol. The summed E-state index contributed by atoms with van der Waals surface area (Å²) in [7, 11) is 1.36. The van der Waals surface area contributed by atoms with Crippen molar-refractivity contribution in [1.82, 2.24) is 14.2 Å². The molecule has 0 bridgehead atoms. The topological polar surface area (TPSA) is 91.6 Å². The average molecular weight is 517 g/mol. The van der Waals surface area contributed by atoms with Gasteiger partial charge < -0.3 is 13.7 Å². The molecule has 0 aliphatic carbocycles. The molecule has 8 heteroatoms. The van der Waals surface area contributed by atoms with Crippen molar-refractivity contribution in [3.05, 3.63) is 118 Å². The predicted molar refractivity (Wildman–Crippen MR) is 151 cm³/mol. The normalized spacial score (nSPS) is 11.6. The standard InChI is InChI=1S/C31H24N4O4/c1-19-16-23(20(2)34(19)24-14-12-21(13-15-24)31(37)38-3)18-32-35-29(28-17-22-8-4-7-11-27(22)39-28)33-26-10-6-5-9-25(26)30(35)36/h4-18H,1-3H3. The second kappa shape index (κ2) is 9.57. The summed E-state index contributed by atoms with van der Waals surface area (Å²) < 4.78 is 14.2. The van der Waals surface area contributed by atoms with Crippen molar-refractivity contribution >= 4 is 34.1 Å². The number of carbonyl (C=O) groups excluding carboxylic acids is 1. The summed E-state index contributed by atoms with van der Waals surface area (Å²) in [4.78, 5) is 30.1. The van der Waals surface area contributed by atoms with Crippen LogP contribution in [0, 0.1) is 13.8 Å². The lowest BCUT2D eigenvalue weighted by Gasteiger charge is -2.10. The molecule has 8 nitrogen and oxygen atoms in total. The second-order valence-electron chi connectivity index (χ2n) is 9.16. The van der Waals surface area contributed by atoms with E-state index in [4.69, 9.17) is 14.1 Å². The van der Waals surface area contributed by atoms with E-state index in [2.05, 4.69) is 9.67 Å². The maximum absolute atomic E-state index is 13.6. The third kappa shape index (κ3) is 4.21. The number of furan rings is 1. The molecule has 0 aliphatic heterocycles. The molecule has 0 spiro atoms. The fraction of sp³-hybridized carbons (Fsp3) is 0.0968. The van der Waals surface area contributed by atoms with Crippen LogP contribution < -0.4 is 5.56 Å². The third-order valence-electron chi connectivity index (χ3n) is 6.73. The van der Waals surface area contributed by atoms with E-state index in [0.29, 0.717) is 33.6 Å². The van der Waals surface area contributed by atoms with Crippen LogP contribution in [0.5, 0.6) is 0 Å². The van der Waals surface area contributed by atoms with Crippen LogP contribution in [0.1, 0.15) is 27.3 Å². The Morgan fingerprint density at radius 1 is 0.974 bits per heavy atom. The van der Waals surface area contributed by atoms with Gasteiger partial charge in [0.15, 0.2) is 5.76 Å². The van der Waals surface area contributed by atoms with Crippen molar-refractivity contribution in [3.8, 4) is 17.3 Å². The van der Waals surface area contributed by atoms with Crippen molar-refractivity contribution in [2.24, 2.45) is 5.10 Å². The largest absolute Gasteiger partial charge is 0.465 e. The van der Waals surface area contributed by atoms with Crippen LogP contribution >= 0.6 is 0 Å². The van der Waals surface area contributed by atoms with Crippen LogP contribution in [-0.4, -0.2) is 33.5 Å². The van der Waals surface area contributed by atoms with Crippen LogP contribution in [0.25, 0.3) is 39.1 Å². The predicted octanol–water partition coefficient (Wildman–Crippen LogP) is 5.89. The number of fused-ring (bicyclic) bond motifs is 2. The molecule has 0 saturated heterocycles. The van der Waals surface area contributed by atoms with Gasteiger partial charge in [-0.25, -0.2) is 9.78 Å². The molecule has 0 amide bonds. The van der Waals surface area contributed by atoms with Gasteiger partial charge in [-0.05, 0) is 68.4 Å². The number of hydrogen-bond acceptors (Lipinski definition) is 6. The van der Waals surface area contributed by atoms with Crippen LogP contribution in [0.15, 0.2) is 99.2 Å². The van der Waals surface area contributed by atoms with Gasteiger partial charge in [-0.2, -0.15) is 9.78 Å². The van der Waals surface area contributed by atoms with Crippen LogP contribution in [0.3, 0.4) is 0 Å². The molecule has 6 rings (SSSR count). The highest BCUT2D eigenvalue weighted by molar-refractivity contribution is 5.89. The van der Waals surface area contributed by atoms with E-state index < -0.39 is 0 Å². The molecule has 6 aromatic rings. The number of esters is 1. The molecule has 0 saturated carbocycles. The maximum Gasteiger partial charge on any atom is 0.337 e. The summed E-state index contributed by atoms with van der Waals surface area (Å²) in [6.07, 6.45) is 1.66. The minimum absolute atomic E-state index is 0.292. The number of para-hydroxylation sites is 2. The molecule has 0 N–H and O–H groups in total. The van der Waals surface area contributed by atoms with Gasteiger partial charge in [-0.3, -0.25) is 4.79 Å². The zero-order valence-electron chi connectivity index (χ0n) is 21.6. The number of carbonyl (C=O) groups is 1. The van der Waals surface area contributed by atoms with E-state index in [-0.39, 0.29) is 11.5 Å². The summed E-state index contributed by atoms with van der Waals surface area (Å²) in [5.41, 5.74) is 5.08. The van der Waals surface area contributed by atoms with Crippen LogP contribution in [0.2, 0.25) is 0 Å². The Balaban J connectivity index is 1.45. The third-order valence-corrected chi connectivity index (χ3v) is 6.73. The number of methoxy groups -OCH3 is 1. The highest BCUT2D eigenvalue weighted by Gasteiger charge is 2.17. The summed E-state index contributed by atoms with van der Waals surface area (Å²) >= 11 is 0. The van der Waals surface area contributed by atoms with E-state index in [0.717, 1.165) is 28.0 Å². The number of rotatable bonds is 5. The SMILES string of the molecule is COC(=O)c1ccc(-n2c(C)cc(C=Nn3c(-c4cc5ccccc5o4)nc4ccccc4c3=O)c2C)cc1. The fourth-order valence-corrected chi connectivity index (χ4v) is 4.78. The molecule has 0 radical (unpaired) electrons. The van der Waals surface area contributed by atoms with Gasteiger partial charge in [0.2, 0.25) is 5.82 Å². The zero-order valence-corrected chi connectivity index (χ0v) is 21.6. The lowest BCUT2D eigenvalue weighted by Crippen LogP contribution is -2.20. The van der Waals surface area contributed by atoms with Gasteiger partial charge in [-0.15, -0.1) is 0 Å².